The summed E-state index contributed by atoms with van der Waals surface area (Å²) in [6, 6.07) is 0. The molecule has 0 amide bonds. The summed E-state index contributed by atoms with van der Waals surface area (Å²) in [5, 5.41) is 0. The Morgan fingerprint density at radius 2 is 1.43 bits per heavy atom. The summed E-state index contributed by atoms with van der Waals surface area (Å²) in [6.45, 7) is 17.6. The third-order valence-electron chi connectivity index (χ3n) is 4.25. The molecule has 0 N–H and O–H groups in total. The topological polar surface area (TPSA) is 52.6 Å². The van der Waals surface area contributed by atoms with Gasteiger partial charge >= 0.3 is 11.9 Å². The van der Waals surface area contributed by atoms with Crippen molar-refractivity contribution in [1.29, 1.82) is 0 Å². The molecule has 1 aliphatic rings. The first-order chi connectivity index (χ1) is 10.5. The van der Waals surface area contributed by atoms with Gasteiger partial charge in [-0.3, -0.25) is 0 Å². The largest absolute Gasteiger partial charge is 0.462 e. The maximum Gasteiger partial charge on any atom is 0.333 e. The van der Waals surface area contributed by atoms with Crippen molar-refractivity contribution >= 4 is 11.9 Å². The summed E-state index contributed by atoms with van der Waals surface area (Å²) in [5.74, 6) is -0.316. The predicted octanol–water partition coefficient (Wildman–Crippen LogP) is 4.06. The minimum atomic E-state index is -0.397. The highest BCUT2D eigenvalue weighted by molar-refractivity contribution is 5.87. The van der Waals surface area contributed by atoms with Crippen LogP contribution in [-0.4, -0.2) is 25.2 Å². The van der Waals surface area contributed by atoms with Crippen LogP contribution in [0, 0.1) is 16.7 Å². The van der Waals surface area contributed by atoms with Gasteiger partial charge in [-0.2, -0.15) is 0 Å². The lowest BCUT2D eigenvalue weighted by Crippen LogP contribution is -2.44. The Balaban J connectivity index is 2.90. The van der Waals surface area contributed by atoms with E-state index in [9.17, 15) is 9.59 Å². The lowest BCUT2D eigenvalue weighted by Gasteiger charge is -2.46. The Morgan fingerprint density at radius 1 is 1.00 bits per heavy atom. The van der Waals surface area contributed by atoms with Gasteiger partial charge in [0.05, 0.1) is 0 Å². The normalized spacial score (nSPS) is 22.0. The summed E-state index contributed by atoms with van der Waals surface area (Å²) in [4.78, 5) is 23.5. The van der Waals surface area contributed by atoms with E-state index in [0.29, 0.717) is 17.1 Å². The zero-order valence-electron chi connectivity index (χ0n) is 15.2. The van der Waals surface area contributed by atoms with Crippen LogP contribution in [-0.2, 0) is 19.1 Å². The van der Waals surface area contributed by atoms with Crippen molar-refractivity contribution in [3.8, 4) is 0 Å². The van der Waals surface area contributed by atoms with Gasteiger partial charge in [0, 0.05) is 16.6 Å². The van der Waals surface area contributed by atoms with E-state index in [0.717, 1.165) is 19.3 Å². The fourth-order valence-electron chi connectivity index (χ4n) is 3.86. The van der Waals surface area contributed by atoms with Gasteiger partial charge in [-0.1, -0.05) is 33.9 Å². The first-order valence-electron chi connectivity index (χ1n) is 8.12. The number of carbonyl (C=O) groups is 2. The molecule has 0 aliphatic heterocycles. The molecule has 1 unspecified atom stereocenters. The SMILES string of the molecule is C=C(C)C(=O)OCC1(COC(=O)C(=C)C)CC(C)CC(C)(C)C1. The van der Waals surface area contributed by atoms with Crippen LogP contribution in [0.2, 0.25) is 0 Å². The van der Waals surface area contributed by atoms with Crippen molar-refractivity contribution in [3.05, 3.63) is 24.3 Å². The molecule has 0 saturated heterocycles. The minimum absolute atomic E-state index is 0.114. The highest BCUT2D eigenvalue weighted by atomic mass is 16.5. The lowest BCUT2D eigenvalue weighted by atomic mass is 9.61. The smallest absolute Gasteiger partial charge is 0.333 e. The molecule has 130 valence electrons. The van der Waals surface area contributed by atoms with E-state index in [1.807, 2.05) is 0 Å². The number of carbonyl (C=O) groups excluding carboxylic acids is 2. The van der Waals surface area contributed by atoms with Gasteiger partial charge in [0.25, 0.3) is 0 Å². The molecule has 1 atom stereocenters. The van der Waals surface area contributed by atoms with Crippen LogP contribution in [0.3, 0.4) is 0 Å². The molecule has 1 fully saturated rings. The van der Waals surface area contributed by atoms with E-state index in [1.54, 1.807) is 13.8 Å². The maximum atomic E-state index is 11.8. The van der Waals surface area contributed by atoms with Gasteiger partial charge in [0.1, 0.15) is 13.2 Å². The van der Waals surface area contributed by atoms with E-state index in [-0.39, 0.29) is 24.0 Å². The Morgan fingerprint density at radius 3 is 1.78 bits per heavy atom. The third kappa shape index (κ3) is 5.85. The molecule has 0 aromatic rings. The van der Waals surface area contributed by atoms with Gasteiger partial charge in [0.2, 0.25) is 0 Å². The first kappa shape index (κ1) is 19.5. The monoisotopic (exact) mass is 322 g/mol. The van der Waals surface area contributed by atoms with Crippen LogP contribution >= 0.6 is 0 Å². The summed E-state index contributed by atoms with van der Waals surface area (Å²) in [5.41, 5.74) is 0.518. The Bertz CT molecular complexity index is 471. The standard InChI is InChI=1S/C19H30O4/c1-13(2)16(20)22-11-19(12-23-17(21)14(3)4)9-15(5)8-18(6,7)10-19/h15H,1,3,8-12H2,2,4-7H3. The summed E-state index contributed by atoms with van der Waals surface area (Å²) in [6.07, 6.45) is 2.82. The fraction of sp³-hybridized carbons (Fsp3) is 0.684. The van der Waals surface area contributed by atoms with Gasteiger partial charge < -0.3 is 9.47 Å². The second-order valence-electron chi connectivity index (χ2n) is 8.07. The number of esters is 2. The van der Waals surface area contributed by atoms with Crippen molar-refractivity contribution in [1.82, 2.24) is 0 Å². The quantitative estimate of drug-likeness (QED) is 0.546. The molecule has 0 aromatic heterocycles. The molecule has 4 nitrogen and oxygen atoms in total. The zero-order chi connectivity index (χ0) is 17.8. The summed E-state index contributed by atoms with van der Waals surface area (Å²) < 4.78 is 10.9. The highest BCUT2D eigenvalue weighted by Gasteiger charge is 2.44. The average Bonchev–Trinajstić information content (AvgIpc) is 2.39. The van der Waals surface area contributed by atoms with Crippen LogP contribution in [0.15, 0.2) is 24.3 Å². The third-order valence-corrected chi connectivity index (χ3v) is 4.25. The van der Waals surface area contributed by atoms with E-state index in [4.69, 9.17) is 9.47 Å². The molecule has 23 heavy (non-hydrogen) atoms. The lowest BCUT2D eigenvalue weighted by molar-refractivity contribution is -0.155. The number of rotatable bonds is 6. The molecular formula is C19H30O4. The van der Waals surface area contributed by atoms with Gasteiger partial charge in [-0.25, -0.2) is 9.59 Å². The Labute approximate surface area is 139 Å². The van der Waals surface area contributed by atoms with Crippen molar-refractivity contribution in [2.45, 2.75) is 53.9 Å². The van der Waals surface area contributed by atoms with Crippen molar-refractivity contribution in [2.24, 2.45) is 16.7 Å². The van der Waals surface area contributed by atoms with Gasteiger partial charge in [0.15, 0.2) is 0 Å². The average molecular weight is 322 g/mol. The van der Waals surface area contributed by atoms with Crippen LogP contribution in [0.25, 0.3) is 0 Å². The molecule has 0 bridgehead atoms. The highest BCUT2D eigenvalue weighted by Crippen LogP contribution is 2.49. The van der Waals surface area contributed by atoms with Gasteiger partial charge in [-0.15, -0.1) is 0 Å². The molecule has 1 saturated carbocycles. The second-order valence-corrected chi connectivity index (χ2v) is 8.07. The van der Waals surface area contributed by atoms with E-state index in [2.05, 4.69) is 33.9 Å². The zero-order valence-corrected chi connectivity index (χ0v) is 15.2. The van der Waals surface area contributed by atoms with E-state index in [1.165, 1.54) is 0 Å². The minimum Gasteiger partial charge on any atom is -0.462 e. The second kappa shape index (κ2) is 7.33. The Kier molecular flexibility index (Phi) is 6.20. The molecular weight excluding hydrogens is 292 g/mol. The fourth-order valence-corrected chi connectivity index (χ4v) is 3.86. The molecule has 0 aromatic carbocycles. The number of hydrogen-bond donors (Lipinski definition) is 0. The van der Waals surface area contributed by atoms with E-state index >= 15 is 0 Å². The van der Waals surface area contributed by atoms with Crippen LogP contribution in [0.1, 0.15) is 53.9 Å². The molecule has 1 rings (SSSR count). The van der Waals surface area contributed by atoms with Crippen LogP contribution in [0.5, 0.6) is 0 Å². The number of hydrogen-bond acceptors (Lipinski definition) is 4. The van der Waals surface area contributed by atoms with Crippen molar-refractivity contribution in [2.75, 3.05) is 13.2 Å². The molecule has 0 spiro atoms. The maximum absolute atomic E-state index is 11.8. The first-order valence-corrected chi connectivity index (χ1v) is 8.12. The predicted molar refractivity (Wildman–Crippen MR) is 90.8 cm³/mol. The summed E-state index contributed by atoms with van der Waals surface area (Å²) >= 11 is 0. The molecule has 1 aliphatic carbocycles. The molecule has 0 heterocycles. The molecule has 4 heteroatoms. The molecule has 0 radical (unpaired) electrons. The van der Waals surface area contributed by atoms with Crippen LogP contribution < -0.4 is 0 Å². The number of ether oxygens (including phenoxy) is 2. The van der Waals surface area contributed by atoms with Crippen molar-refractivity contribution < 1.29 is 19.1 Å². The van der Waals surface area contributed by atoms with Crippen LogP contribution in [0.4, 0.5) is 0 Å². The summed E-state index contributed by atoms with van der Waals surface area (Å²) in [7, 11) is 0. The Hall–Kier alpha value is -1.58. The van der Waals surface area contributed by atoms with Crippen molar-refractivity contribution in [3.63, 3.8) is 0 Å². The van der Waals surface area contributed by atoms with Gasteiger partial charge in [-0.05, 0) is 44.4 Å². The van der Waals surface area contributed by atoms with E-state index < -0.39 is 11.9 Å².